The minimum absolute atomic E-state index is 0.0105. The van der Waals surface area contributed by atoms with Crippen molar-refractivity contribution in [2.24, 2.45) is 11.7 Å². The molecule has 6 heteroatoms. The fourth-order valence-electron chi connectivity index (χ4n) is 2.14. The van der Waals surface area contributed by atoms with Crippen LogP contribution in [0.4, 0.5) is 0 Å². The molecule has 1 aromatic rings. The van der Waals surface area contributed by atoms with Crippen LogP contribution in [-0.2, 0) is 10.0 Å². The number of hydrogen-bond acceptors (Lipinski definition) is 4. The molecule has 90 valence electrons. The zero-order valence-electron chi connectivity index (χ0n) is 9.17. The quantitative estimate of drug-likeness (QED) is 0.846. The van der Waals surface area contributed by atoms with Crippen LogP contribution in [0.3, 0.4) is 0 Å². The number of sulfonamides is 1. The molecule has 0 saturated carbocycles. The highest BCUT2D eigenvalue weighted by atomic mass is 32.2. The Labute approximate surface area is 95.3 Å². The van der Waals surface area contributed by atoms with Gasteiger partial charge in [0.25, 0.3) is 10.0 Å². The van der Waals surface area contributed by atoms with Gasteiger partial charge in [0, 0.05) is 12.6 Å². The largest absolute Gasteiger partial charge is 0.452 e. The lowest BCUT2D eigenvalue weighted by atomic mass is 10.1. The van der Waals surface area contributed by atoms with Crippen LogP contribution in [0.2, 0.25) is 0 Å². The van der Waals surface area contributed by atoms with E-state index in [1.807, 2.05) is 6.92 Å². The van der Waals surface area contributed by atoms with Crippen LogP contribution in [0, 0.1) is 5.92 Å². The second-order valence-electron chi connectivity index (χ2n) is 4.19. The van der Waals surface area contributed by atoms with Crippen LogP contribution in [0.5, 0.6) is 0 Å². The van der Waals surface area contributed by atoms with E-state index in [0.717, 1.165) is 6.42 Å². The van der Waals surface area contributed by atoms with Crippen LogP contribution in [0.1, 0.15) is 13.3 Å². The summed E-state index contributed by atoms with van der Waals surface area (Å²) in [6.07, 6.45) is 2.18. The molecule has 2 N–H and O–H groups in total. The molecule has 2 atom stereocenters. The van der Waals surface area contributed by atoms with Crippen LogP contribution >= 0.6 is 0 Å². The molecule has 1 aromatic heterocycles. The zero-order valence-corrected chi connectivity index (χ0v) is 9.98. The van der Waals surface area contributed by atoms with Crippen molar-refractivity contribution in [2.45, 2.75) is 24.5 Å². The Balaban J connectivity index is 2.26. The molecule has 16 heavy (non-hydrogen) atoms. The minimum atomic E-state index is -3.48. The molecule has 0 bridgehead atoms. The molecule has 0 spiro atoms. The maximum Gasteiger partial charge on any atom is 0.276 e. The second kappa shape index (κ2) is 4.20. The Morgan fingerprint density at radius 3 is 2.88 bits per heavy atom. The molecule has 0 aliphatic carbocycles. The van der Waals surface area contributed by atoms with Gasteiger partial charge in [-0.25, -0.2) is 8.42 Å². The summed E-state index contributed by atoms with van der Waals surface area (Å²) in [6.45, 7) is 2.91. The number of furan rings is 1. The van der Waals surface area contributed by atoms with Gasteiger partial charge in [0.2, 0.25) is 5.09 Å². The average Bonchev–Trinajstić information content (AvgIpc) is 2.85. The molecule has 2 heterocycles. The highest BCUT2D eigenvalue weighted by Crippen LogP contribution is 2.28. The van der Waals surface area contributed by atoms with Gasteiger partial charge < -0.3 is 10.2 Å². The summed E-state index contributed by atoms with van der Waals surface area (Å²) in [7, 11) is -3.48. The molecule has 2 unspecified atom stereocenters. The van der Waals surface area contributed by atoms with Crippen molar-refractivity contribution >= 4 is 10.0 Å². The molecule has 5 nitrogen and oxygen atoms in total. The molecule has 1 saturated heterocycles. The lowest BCUT2D eigenvalue weighted by molar-refractivity contribution is 0.373. The van der Waals surface area contributed by atoms with E-state index in [-0.39, 0.29) is 17.1 Å². The van der Waals surface area contributed by atoms with Crippen molar-refractivity contribution < 1.29 is 12.8 Å². The van der Waals surface area contributed by atoms with Gasteiger partial charge in [-0.1, -0.05) is 0 Å². The summed E-state index contributed by atoms with van der Waals surface area (Å²) in [5.41, 5.74) is 5.58. The van der Waals surface area contributed by atoms with E-state index < -0.39 is 10.0 Å². The normalized spacial score (nSPS) is 27.4. The Morgan fingerprint density at radius 1 is 1.62 bits per heavy atom. The van der Waals surface area contributed by atoms with Crippen molar-refractivity contribution in [3.8, 4) is 0 Å². The van der Waals surface area contributed by atoms with E-state index in [1.54, 1.807) is 6.07 Å². The topological polar surface area (TPSA) is 76.5 Å². The van der Waals surface area contributed by atoms with Crippen LogP contribution in [0.15, 0.2) is 27.9 Å². The van der Waals surface area contributed by atoms with Gasteiger partial charge in [-0.3, -0.25) is 0 Å². The molecule has 0 amide bonds. The highest BCUT2D eigenvalue weighted by Gasteiger charge is 2.38. The SMILES string of the molecule is CC1CC(CN)CN1S(=O)(=O)c1ccco1. The van der Waals surface area contributed by atoms with Crippen molar-refractivity contribution in [3.05, 3.63) is 18.4 Å². The third-order valence-corrected chi connectivity index (χ3v) is 4.86. The van der Waals surface area contributed by atoms with Gasteiger partial charge >= 0.3 is 0 Å². The van der Waals surface area contributed by atoms with Gasteiger partial charge in [-0.15, -0.1) is 0 Å². The van der Waals surface area contributed by atoms with Crippen molar-refractivity contribution in [3.63, 3.8) is 0 Å². The molecular weight excluding hydrogens is 228 g/mol. The van der Waals surface area contributed by atoms with E-state index in [9.17, 15) is 8.42 Å². The van der Waals surface area contributed by atoms with E-state index in [4.69, 9.17) is 10.2 Å². The van der Waals surface area contributed by atoms with E-state index in [0.29, 0.717) is 13.1 Å². The van der Waals surface area contributed by atoms with E-state index in [1.165, 1.54) is 16.6 Å². The Kier molecular flexibility index (Phi) is 3.05. The molecule has 0 aromatic carbocycles. The smallest absolute Gasteiger partial charge is 0.276 e. The molecular formula is C10H16N2O3S. The van der Waals surface area contributed by atoms with E-state index >= 15 is 0 Å². The lowest BCUT2D eigenvalue weighted by Crippen LogP contribution is -2.34. The predicted octanol–water partition coefficient (Wildman–Crippen LogP) is 0.637. The Hall–Kier alpha value is -0.850. The first-order valence-electron chi connectivity index (χ1n) is 5.31. The summed E-state index contributed by atoms with van der Waals surface area (Å²) in [5.74, 6) is 0.250. The molecule has 1 fully saturated rings. The molecule has 1 aliphatic rings. The summed E-state index contributed by atoms with van der Waals surface area (Å²) in [6, 6.07) is 3.04. The van der Waals surface area contributed by atoms with Gasteiger partial charge in [-0.05, 0) is 37.9 Å². The second-order valence-corrected chi connectivity index (χ2v) is 6.01. The lowest BCUT2D eigenvalue weighted by Gasteiger charge is -2.19. The van der Waals surface area contributed by atoms with E-state index in [2.05, 4.69) is 0 Å². The molecule has 2 rings (SSSR count). The first-order valence-corrected chi connectivity index (χ1v) is 6.75. The third-order valence-electron chi connectivity index (χ3n) is 3.00. The number of rotatable bonds is 3. The third kappa shape index (κ3) is 1.88. The monoisotopic (exact) mass is 244 g/mol. The van der Waals surface area contributed by atoms with Gasteiger partial charge in [-0.2, -0.15) is 4.31 Å². The summed E-state index contributed by atoms with van der Waals surface area (Å²) < 4.78 is 30.8. The maximum atomic E-state index is 12.2. The van der Waals surface area contributed by atoms with Gasteiger partial charge in [0.05, 0.1) is 6.26 Å². The maximum absolute atomic E-state index is 12.2. The van der Waals surface area contributed by atoms with Crippen molar-refractivity contribution in [1.82, 2.24) is 4.31 Å². The van der Waals surface area contributed by atoms with Gasteiger partial charge in [0.1, 0.15) is 0 Å². The Bertz CT molecular complexity index is 441. The van der Waals surface area contributed by atoms with Crippen molar-refractivity contribution in [2.75, 3.05) is 13.1 Å². The molecule has 0 radical (unpaired) electrons. The zero-order chi connectivity index (χ0) is 11.8. The standard InChI is InChI=1S/C10H16N2O3S/c1-8-5-9(6-11)7-12(8)16(13,14)10-3-2-4-15-10/h2-4,8-9H,5-7,11H2,1H3. The predicted molar refractivity (Wildman–Crippen MR) is 59.2 cm³/mol. The summed E-state index contributed by atoms with van der Waals surface area (Å²) in [5, 5.41) is 0.0111. The number of nitrogens with zero attached hydrogens (tertiary/aromatic N) is 1. The average molecular weight is 244 g/mol. The van der Waals surface area contributed by atoms with Gasteiger partial charge in [0.15, 0.2) is 0 Å². The first-order chi connectivity index (χ1) is 7.55. The fraction of sp³-hybridized carbons (Fsp3) is 0.600. The van der Waals surface area contributed by atoms with Crippen LogP contribution in [0.25, 0.3) is 0 Å². The number of hydrogen-bond donors (Lipinski definition) is 1. The minimum Gasteiger partial charge on any atom is -0.452 e. The first kappa shape index (κ1) is 11.6. The Morgan fingerprint density at radius 2 is 2.38 bits per heavy atom. The number of nitrogens with two attached hydrogens (primary N) is 1. The van der Waals surface area contributed by atoms with Crippen LogP contribution in [-0.4, -0.2) is 31.9 Å². The fourth-order valence-corrected chi connectivity index (χ4v) is 3.77. The highest BCUT2D eigenvalue weighted by molar-refractivity contribution is 7.89. The summed E-state index contributed by atoms with van der Waals surface area (Å²) >= 11 is 0. The summed E-state index contributed by atoms with van der Waals surface area (Å²) in [4.78, 5) is 0. The molecule has 1 aliphatic heterocycles. The van der Waals surface area contributed by atoms with Crippen molar-refractivity contribution in [1.29, 1.82) is 0 Å². The van der Waals surface area contributed by atoms with Crippen LogP contribution < -0.4 is 5.73 Å².